The lowest BCUT2D eigenvalue weighted by Crippen LogP contribution is -2.64. The van der Waals surface area contributed by atoms with E-state index in [1.54, 1.807) is 12.5 Å². The van der Waals surface area contributed by atoms with Crippen molar-refractivity contribution in [3.05, 3.63) is 11.6 Å². The molecule has 4 fully saturated rings. The van der Waals surface area contributed by atoms with Crippen LogP contribution in [-0.4, -0.2) is 23.1 Å². The summed E-state index contributed by atoms with van der Waals surface area (Å²) in [6.07, 6.45) is 12.6. The van der Waals surface area contributed by atoms with E-state index < -0.39 is 11.4 Å². The van der Waals surface area contributed by atoms with Gasteiger partial charge in [0.1, 0.15) is 6.10 Å². The molecule has 202 valence electrons. The first-order valence-corrected chi connectivity index (χ1v) is 14.6. The molecule has 4 heteroatoms. The lowest BCUT2D eigenvalue weighted by atomic mass is 9.34. The zero-order valence-electron chi connectivity index (χ0n) is 24.1. The summed E-state index contributed by atoms with van der Waals surface area (Å²) in [4.78, 5) is 24.7. The number of ether oxygens (including phenoxy) is 1. The van der Waals surface area contributed by atoms with Crippen molar-refractivity contribution in [2.24, 2.45) is 50.2 Å². The molecule has 0 saturated heterocycles. The first-order chi connectivity index (χ1) is 16.5. The third kappa shape index (κ3) is 3.37. The van der Waals surface area contributed by atoms with Gasteiger partial charge in [-0.2, -0.15) is 0 Å². The van der Waals surface area contributed by atoms with E-state index in [9.17, 15) is 14.7 Å². The maximum Gasteiger partial charge on any atom is 0.310 e. The number of carboxylic acids is 1. The highest BCUT2D eigenvalue weighted by atomic mass is 16.5. The molecule has 0 aliphatic heterocycles. The smallest absolute Gasteiger partial charge is 0.310 e. The molecule has 8 atom stereocenters. The largest absolute Gasteiger partial charge is 0.481 e. The summed E-state index contributed by atoms with van der Waals surface area (Å²) >= 11 is 0. The molecule has 0 heterocycles. The first kappa shape index (κ1) is 26.3. The molecule has 0 aromatic carbocycles. The molecular weight excluding hydrogens is 448 g/mol. The van der Waals surface area contributed by atoms with Crippen LogP contribution in [0.1, 0.15) is 120 Å². The van der Waals surface area contributed by atoms with Gasteiger partial charge in [-0.1, -0.05) is 60.1 Å². The van der Waals surface area contributed by atoms with Crippen molar-refractivity contribution in [2.45, 2.75) is 126 Å². The number of hydrogen-bond acceptors (Lipinski definition) is 3. The maximum absolute atomic E-state index is 12.9. The Morgan fingerprint density at radius 3 is 2.06 bits per heavy atom. The van der Waals surface area contributed by atoms with Crippen LogP contribution in [0.5, 0.6) is 0 Å². The van der Waals surface area contributed by atoms with Gasteiger partial charge in [0.05, 0.1) is 5.41 Å². The summed E-state index contributed by atoms with van der Waals surface area (Å²) in [5, 5.41) is 10.6. The molecule has 4 nitrogen and oxygen atoms in total. The van der Waals surface area contributed by atoms with Crippen LogP contribution in [-0.2, 0) is 14.3 Å². The molecule has 0 radical (unpaired) electrons. The summed E-state index contributed by atoms with van der Waals surface area (Å²) in [5.41, 5.74) is 1.47. The molecule has 1 N–H and O–H groups in total. The molecule has 36 heavy (non-hydrogen) atoms. The highest BCUT2D eigenvalue weighted by Gasteiger charge is 2.68. The van der Waals surface area contributed by atoms with E-state index in [1.807, 2.05) is 0 Å². The highest BCUT2D eigenvalue weighted by Crippen LogP contribution is 2.75. The highest BCUT2D eigenvalue weighted by molar-refractivity contribution is 5.76. The van der Waals surface area contributed by atoms with Crippen LogP contribution in [0.25, 0.3) is 0 Å². The molecule has 5 aliphatic carbocycles. The van der Waals surface area contributed by atoms with Crippen LogP contribution in [0.2, 0.25) is 0 Å². The number of aliphatic carboxylic acids is 1. The zero-order valence-corrected chi connectivity index (χ0v) is 24.1. The van der Waals surface area contributed by atoms with Crippen LogP contribution >= 0.6 is 0 Å². The second-order valence-electron chi connectivity index (χ2n) is 15.7. The first-order valence-electron chi connectivity index (χ1n) is 14.6. The summed E-state index contributed by atoms with van der Waals surface area (Å²) in [6.45, 7) is 18.4. The molecule has 5 aliphatic rings. The summed E-state index contributed by atoms with van der Waals surface area (Å²) < 4.78 is 5.87. The molecule has 5 rings (SSSR count). The fourth-order valence-electron chi connectivity index (χ4n) is 11.3. The zero-order chi connectivity index (χ0) is 26.5. The second kappa shape index (κ2) is 7.85. The SMILES string of the molecule is CC(=O)OC1CC[C@@]2(C)C(CC[C@@]3(C)C4=CCC5(C(=O)O)CCC(C)(C)CC5[C@]4(C)CCC23)C1(C)C. The average Bonchev–Trinajstić information content (AvgIpc) is 2.75. The van der Waals surface area contributed by atoms with Crippen LogP contribution in [0, 0.1) is 50.2 Å². The van der Waals surface area contributed by atoms with Crippen molar-refractivity contribution in [3.63, 3.8) is 0 Å². The summed E-state index contributed by atoms with van der Waals surface area (Å²) in [6, 6.07) is 0. The van der Waals surface area contributed by atoms with Gasteiger partial charge in [0.25, 0.3) is 0 Å². The Morgan fingerprint density at radius 2 is 1.44 bits per heavy atom. The van der Waals surface area contributed by atoms with Crippen molar-refractivity contribution in [1.29, 1.82) is 0 Å². The Balaban J connectivity index is 1.54. The lowest BCUT2D eigenvalue weighted by molar-refractivity contribution is -0.200. The number of fused-ring (bicyclic) bond motifs is 7. The van der Waals surface area contributed by atoms with E-state index in [-0.39, 0.29) is 45.1 Å². The van der Waals surface area contributed by atoms with Crippen molar-refractivity contribution < 1.29 is 19.4 Å². The lowest BCUT2D eigenvalue weighted by Gasteiger charge is -2.70. The van der Waals surface area contributed by atoms with E-state index in [4.69, 9.17) is 4.74 Å². The molecule has 0 aromatic heterocycles. The molecule has 0 spiro atoms. The Labute approximate surface area is 219 Å². The Hall–Kier alpha value is -1.32. The van der Waals surface area contributed by atoms with Gasteiger partial charge >= 0.3 is 11.9 Å². The number of esters is 1. The fourth-order valence-corrected chi connectivity index (χ4v) is 11.3. The Kier molecular flexibility index (Phi) is 5.74. The molecule has 5 unspecified atom stereocenters. The van der Waals surface area contributed by atoms with Gasteiger partial charge in [-0.3, -0.25) is 9.59 Å². The molecule has 4 saturated carbocycles. The minimum atomic E-state index is -0.595. The molecule has 0 amide bonds. The number of allylic oxidation sites excluding steroid dienone is 2. The monoisotopic (exact) mass is 498 g/mol. The van der Waals surface area contributed by atoms with Crippen LogP contribution in [0.15, 0.2) is 11.6 Å². The predicted octanol–water partition coefficient (Wildman–Crippen LogP) is 7.80. The van der Waals surface area contributed by atoms with Crippen LogP contribution in [0.4, 0.5) is 0 Å². The quantitative estimate of drug-likeness (QED) is 0.311. The number of carbonyl (C=O) groups is 2. The van der Waals surface area contributed by atoms with E-state index in [2.05, 4.69) is 54.5 Å². The van der Waals surface area contributed by atoms with Crippen molar-refractivity contribution >= 4 is 11.9 Å². The summed E-state index contributed by atoms with van der Waals surface area (Å²) in [5.74, 6) is 0.616. The average molecular weight is 499 g/mol. The number of carbonyl (C=O) groups excluding carboxylic acids is 1. The van der Waals surface area contributed by atoms with Crippen molar-refractivity contribution in [2.75, 3.05) is 0 Å². The molecule has 0 aromatic rings. The van der Waals surface area contributed by atoms with Gasteiger partial charge in [0, 0.05) is 12.3 Å². The maximum atomic E-state index is 12.9. The standard InChI is InChI=1S/C32H50O4/c1-20(33)36-25-12-15-29(6)21(28(25,4)5)9-13-30(7)22(29)10-14-31(8)23(30)11-16-32(26(34)35)18-17-27(2,3)19-24(31)32/h11,21-22,24-25H,9-10,12-19H2,1-8H3,(H,34,35)/t21?,22?,24?,25?,29-,30+,31+,32?/m0/s1. The summed E-state index contributed by atoms with van der Waals surface area (Å²) in [7, 11) is 0. The van der Waals surface area contributed by atoms with E-state index in [1.165, 1.54) is 6.42 Å². The molecule has 0 bridgehead atoms. The third-order valence-electron chi connectivity index (χ3n) is 13.0. The van der Waals surface area contributed by atoms with E-state index in [0.29, 0.717) is 18.3 Å². The van der Waals surface area contributed by atoms with Gasteiger partial charge in [0.2, 0.25) is 0 Å². The topological polar surface area (TPSA) is 63.6 Å². The Bertz CT molecular complexity index is 992. The van der Waals surface area contributed by atoms with Gasteiger partial charge in [-0.05, 0) is 104 Å². The molecular formula is C32H50O4. The normalized spacial score (nSPS) is 48.8. The van der Waals surface area contributed by atoms with Crippen LogP contribution < -0.4 is 0 Å². The predicted molar refractivity (Wildman–Crippen MR) is 142 cm³/mol. The minimum absolute atomic E-state index is 0.000775. The number of rotatable bonds is 2. The number of carboxylic acid groups (broad SMARTS) is 1. The van der Waals surface area contributed by atoms with Gasteiger partial charge in [-0.25, -0.2) is 0 Å². The van der Waals surface area contributed by atoms with Crippen LogP contribution in [0.3, 0.4) is 0 Å². The minimum Gasteiger partial charge on any atom is -0.481 e. The Morgan fingerprint density at radius 1 is 0.833 bits per heavy atom. The fraction of sp³-hybridized carbons (Fsp3) is 0.875. The third-order valence-corrected chi connectivity index (χ3v) is 13.0. The van der Waals surface area contributed by atoms with Crippen molar-refractivity contribution in [1.82, 2.24) is 0 Å². The van der Waals surface area contributed by atoms with Gasteiger partial charge < -0.3 is 9.84 Å². The van der Waals surface area contributed by atoms with E-state index in [0.717, 1.165) is 51.4 Å². The second-order valence-corrected chi connectivity index (χ2v) is 15.7. The van der Waals surface area contributed by atoms with Crippen molar-refractivity contribution in [3.8, 4) is 0 Å². The van der Waals surface area contributed by atoms with Gasteiger partial charge in [-0.15, -0.1) is 0 Å². The van der Waals surface area contributed by atoms with Gasteiger partial charge in [0.15, 0.2) is 0 Å². The van der Waals surface area contributed by atoms with E-state index >= 15 is 0 Å². The number of hydrogen-bond donors (Lipinski definition) is 1.